The number of amides is 1. The first-order valence-electron chi connectivity index (χ1n) is 11.1. The molecule has 0 spiro atoms. The van der Waals surface area contributed by atoms with Gasteiger partial charge in [0.05, 0.1) is 5.52 Å². The zero-order valence-corrected chi connectivity index (χ0v) is 18.0. The van der Waals surface area contributed by atoms with Gasteiger partial charge < -0.3 is 19.9 Å². The van der Waals surface area contributed by atoms with Gasteiger partial charge in [-0.05, 0) is 50.3 Å². The second-order valence-corrected chi connectivity index (χ2v) is 8.27. The van der Waals surface area contributed by atoms with Crippen LogP contribution in [0.1, 0.15) is 55.8 Å². The molecule has 31 heavy (non-hydrogen) atoms. The Morgan fingerprint density at radius 3 is 2.74 bits per heavy atom. The highest BCUT2D eigenvalue weighted by molar-refractivity contribution is 5.95. The number of carbonyl (C=O) groups excluding carboxylic acids is 2. The summed E-state index contributed by atoms with van der Waals surface area (Å²) in [5.41, 5.74) is 1.79. The summed E-state index contributed by atoms with van der Waals surface area (Å²) in [4.78, 5) is 25.1. The molecular weight excluding hydrogens is 396 g/mol. The third-order valence-corrected chi connectivity index (χ3v) is 5.99. The Kier molecular flexibility index (Phi) is 6.43. The third-order valence-electron chi connectivity index (χ3n) is 5.99. The number of hydrogen-bond donors (Lipinski definition) is 2. The summed E-state index contributed by atoms with van der Waals surface area (Å²) in [6, 6.07) is 7.99. The summed E-state index contributed by atoms with van der Waals surface area (Å²) in [7, 11) is 0. The summed E-state index contributed by atoms with van der Waals surface area (Å²) in [5.74, 6) is -0.333. The van der Waals surface area contributed by atoms with Crippen LogP contribution in [0.15, 0.2) is 42.3 Å². The van der Waals surface area contributed by atoms with E-state index < -0.39 is 6.29 Å². The number of carbonyl (C=O) groups is 2. The number of nitrogens with one attached hydrogen (secondary N) is 1. The Bertz CT molecular complexity index is 991. The number of aromatic nitrogens is 1. The molecule has 0 unspecified atom stereocenters. The second-order valence-electron chi connectivity index (χ2n) is 8.27. The molecule has 0 bridgehead atoms. The molecule has 2 N–H and O–H groups in total. The van der Waals surface area contributed by atoms with E-state index in [9.17, 15) is 14.7 Å². The quantitative estimate of drug-likeness (QED) is 0.676. The normalized spacial score (nSPS) is 23.3. The van der Waals surface area contributed by atoms with E-state index in [-0.39, 0.29) is 42.1 Å². The van der Waals surface area contributed by atoms with Gasteiger partial charge in [-0.25, -0.2) is 0 Å². The van der Waals surface area contributed by atoms with Gasteiger partial charge in [-0.1, -0.05) is 18.2 Å². The minimum atomic E-state index is -0.606. The maximum Gasteiger partial charge on any atom is 0.286 e. The lowest BCUT2D eigenvalue weighted by molar-refractivity contribution is -0.166. The monoisotopic (exact) mass is 426 g/mol. The average Bonchev–Trinajstić information content (AvgIpc) is 3.49. The lowest BCUT2D eigenvalue weighted by atomic mass is 9.80. The summed E-state index contributed by atoms with van der Waals surface area (Å²) in [6.45, 7) is 3.94. The van der Waals surface area contributed by atoms with Gasteiger partial charge in [0.15, 0.2) is 5.76 Å². The first-order chi connectivity index (χ1) is 15.0. The minimum absolute atomic E-state index is 0.0655. The van der Waals surface area contributed by atoms with Gasteiger partial charge in [0.1, 0.15) is 0 Å². The molecule has 1 aromatic heterocycles. The topological polar surface area (TPSA) is 89.8 Å². The molecule has 2 heterocycles. The number of aliphatic hydroxyl groups is 1. The predicted molar refractivity (Wildman–Crippen MR) is 117 cm³/mol. The van der Waals surface area contributed by atoms with Gasteiger partial charge in [-0.15, -0.1) is 0 Å². The molecule has 1 aliphatic heterocycles. The van der Waals surface area contributed by atoms with E-state index in [0.29, 0.717) is 19.4 Å². The van der Waals surface area contributed by atoms with Crippen LogP contribution in [0.25, 0.3) is 10.9 Å². The van der Waals surface area contributed by atoms with E-state index >= 15 is 0 Å². The van der Waals surface area contributed by atoms with Gasteiger partial charge in [0, 0.05) is 49.6 Å². The fourth-order valence-corrected chi connectivity index (χ4v) is 4.34. The van der Waals surface area contributed by atoms with E-state index in [4.69, 9.17) is 9.47 Å². The van der Waals surface area contributed by atoms with Crippen LogP contribution in [0.3, 0.4) is 0 Å². The number of benzene rings is 1. The van der Waals surface area contributed by atoms with Crippen molar-refractivity contribution in [2.45, 2.75) is 57.8 Å². The highest BCUT2D eigenvalue weighted by Gasteiger charge is 2.39. The van der Waals surface area contributed by atoms with Gasteiger partial charge in [-0.3, -0.25) is 14.2 Å². The van der Waals surface area contributed by atoms with Crippen molar-refractivity contribution in [2.24, 2.45) is 5.92 Å². The number of allylic oxidation sites excluding steroid dienone is 1. The molecule has 1 amide bonds. The molecule has 2 aromatic rings. The van der Waals surface area contributed by atoms with E-state index in [2.05, 4.69) is 5.32 Å². The lowest BCUT2D eigenvalue weighted by Crippen LogP contribution is -2.39. The van der Waals surface area contributed by atoms with Crippen LogP contribution in [0, 0.1) is 5.92 Å². The number of hydrogen-bond acceptors (Lipinski definition) is 5. The first-order valence-corrected chi connectivity index (χ1v) is 11.1. The van der Waals surface area contributed by atoms with Crippen LogP contribution in [0.2, 0.25) is 0 Å². The van der Waals surface area contributed by atoms with Crippen molar-refractivity contribution < 1.29 is 24.2 Å². The standard InChI is InChI=1S/C24H30N2O5/c1-3-30-24-18(8-6-12-27)19(13-22(31-24)23(29)25-16-10-11-16)20-14-26(15(2)28)21-9-5-4-7-17(20)21/h4-5,7,9,13-14,16,18-19,24,27H,3,6,8,10-12H2,1-2H3,(H,25,29)/t18-,19-,24+/m0/s1. The van der Waals surface area contributed by atoms with Crippen molar-refractivity contribution in [2.75, 3.05) is 13.2 Å². The molecule has 1 aliphatic carbocycles. The number of para-hydroxylation sites is 1. The minimum Gasteiger partial charge on any atom is -0.459 e. The van der Waals surface area contributed by atoms with Crippen molar-refractivity contribution in [3.05, 3.63) is 47.9 Å². The van der Waals surface area contributed by atoms with Crippen molar-refractivity contribution >= 4 is 22.7 Å². The van der Waals surface area contributed by atoms with E-state index in [0.717, 1.165) is 29.3 Å². The largest absolute Gasteiger partial charge is 0.459 e. The molecule has 4 rings (SSSR count). The Hall–Kier alpha value is -2.64. The lowest BCUT2D eigenvalue weighted by Gasteiger charge is -2.36. The maximum atomic E-state index is 12.8. The molecule has 7 heteroatoms. The molecule has 1 fully saturated rings. The van der Waals surface area contributed by atoms with Crippen molar-refractivity contribution in [1.29, 1.82) is 0 Å². The molecule has 3 atom stereocenters. The zero-order valence-electron chi connectivity index (χ0n) is 18.0. The molecule has 166 valence electrons. The Morgan fingerprint density at radius 1 is 1.29 bits per heavy atom. The maximum absolute atomic E-state index is 12.8. The number of rotatable bonds is 8. The fraction of sp³-hybridized carbons (Fsp3) is 0.500. The van der Waals surface area contributed by atoms with Crippen LogP contribution in [-0.4, -0.2) is 47.0 Å². The molecule has 2 aliphatic rings. The van der Waals surface area contributed by atoms with Gasteiger partial charge in [0.2, 0.25) is 12.2 Å². The van der Waals surface area contributed by atoms with Crippen molar-refractivity contribution in [1.82, 2.24) is 9.88 Å². The van der Waals surface area contributed by atoms with E-state index in [1.807, 2.05) is 43.5 Å². The smallest absolute Gasteiger partial charge is 0.286 e. The SMILES string of the molecule is CCO[C@@H]1OC(C(=O)NC2CC2)=C[C@H](c2cn(C(C)=O)c3ccccc23)[C@@H]1CCCO. The summed E-state index contributed by atoms with van der Waals surface area (Å²) in [6.07, 6.45) is 6.36. The number of fused-ring (bicyclic) bond motifs is 1. The fourth-order valence-electron chi connectivity index (χ4n) is 4.34. The van der Waals surface area contributed by atoms with E-state index in [1.54, 1.807) is 4.57 Å². The third kappa shape index (κ3) is 4.52. The van der Waals surface area contributed by atoms with Crippen molar-refractivity contribution in [3.8, 4) is 0 Å². The van der Waals surface area contributed by atoms with Gasteiger partial charge in [0.25, 0.3) is 5.91 Å². The Morgan fingerprint density at radius 2 is 2.06 bits per heavy atom. The number of aliphatic hydroxyl groups excluding tert-OH is 1. The number of ether oxygens (including phenoxy) is 2. The Labute approximate surface area is 182 Å². The molecular formula is C24H30N2O5. The van der Waals surface area contributed by atoms with Crippen LogP contribution in [0.5, 0.6) is 0 Å². The van der Waals surface area contributed by atoms with Crippen LogP contribution >= 0.6 is 0 Å². The second kappa shape index (κ2) is 9.24. The predicted octanol–water partition coefficient (Wildman–Crippen LogP) is 3.33. The summed E-state index contributed by atoms with van der Waals surface area (Å²) >= 11 is 0. The molecule has 0 saturated heterocycles. The molecule has 7 nitrogen and oxygen atoms in total. The zero-order chi connectivity index (χ0) is 22.0. The van der Waals surface area contributed by atoms with E-state index in [1.165, 1.54) is 6.92 Å². The molecule has 1 aromatic carbocycles. The first kappa shape index (κ1) is 21.6. The average molecular weight is 427 g/mol. The van der Waals surface area contributed by atoms with Crippen LogP contribution in [-0.2, 0) is 14.3 Å². The Balaban J connectivity index is 1.80. The van der Waals surface area contributed by atoms with Crippen LogP contribution in [0.4, 0.5) is 0 Å². The molecule has 1 saturated carbocycles. The highest BCUT2D eigenvalue weighted by atomic mass is 16.7. The van der Waals surface area contributed by atoms with Gasteiger partial charge >= 0.3 is 0 Å². The molecule has 0 radical (unpaired) electrons. The van der Waals surface area contributed by atoms with Crippen molar-refractivity contribution in [3.63, 3.8) is 0 Å². The number of nitrogens with zero attached hydrogens (tertiary/aromatic N) is 1. The summed E-state index contributed by atoms with van der Waals surface area (Å²) < 4.78 is 13.6. The van der Waals surface area contributed by atoms with Gasteiger partial charge in [-0.2, -0.15) is 0 Å². The summed E-state index contributed by atoms with van der Waals surface area (Å²) in [5, 5.41) is 13.4. The van der Waals surface area contributed by atoms with Crippen LogP contribution < -0.4 is 5.32 Å². The highest BCUT2D eigenvalue weighted by Crippen LogP contribution is 2.42.